The zero-order valence-electron chi connectivity index (χ0n) is 14.4. The number of hydrogen-bond acceptors (Lipinski definition) is 4. The van der Waals surface area contributed by atoms with Gasteiger partial charge >= 0.3 is 6.18 Å². The number of benzene rings is 1. The standard InChI is InChI=1S/C18H16F3N3OS/c1-10-8-13(11(2)24(10)3)15(25)9-26-16-12-6-4-5-7-14(12)22-17(23-16)18(19,20)21/h4-8H,9H2,1-3H3. The lowest BCUT2D eigenvalue weighted by molar-refractivity contribution is -0.145. The lowest BCUT2D eigenvalue weighted by Gasteiger charge is -2.10. The molecule has 0 fully saturated rings. The number of carbonyl (C=O) groups is 1. The third-order valence-corrected chi connectivity index (χ3v) is 5.23. The molecule has 3 aromatic rings. The van der Waals surface area contributed by atoms with Gasteiger partial charge in [-0.05, 0) is 26.0 Å². The second-order valence-electron chi connectivity index (χ2n) is 5.92. The zero-order chi connectivity index (χ0) is 19.1. The highest BCUT2D eigenvalue weighted by Gasteiger charge is 2.35. The van der Waals surface area contributed by atoms with Crippen molar-refractivity contribution < 1.29 is 18.0 Å². The summed E-state index contributed by atoms with van der Waals surface area (Å²) >= 11 is 0.997. The summed E-state index contributed by atoms with van der Waals surface area (Å²) in [6.45, 7) is 3.73. The molecule has 0 atom stereocenters. The van der Waals surface area contributed by atoms with Crippen LogP contribution in [0.2, 0.25) is 0 Å². The number of halogens is 3. The predicted octanol–water partition coefficient (Wildman–Crippen LogP) is 4.58. The van der Waals surface area contributed by atoms with Crippen LogP contribution in [0.5, 0.6) is 0 Å². The van der Waals surface area contributed by atoms with E-state index in [-0.39, 0.29) is 22.1 Å². The SMILES string of the molecule is Cc1cc(C(=O)CSc2nc(C(F)(F)F)nc3ccccc23)c(C)n1C. The molecule has 0 amide bonds. The highest BCUT2D eigenvalue weighted by Crippen LogP contribution is 2.32. The van der Waals surface area contributed by atoms with Crippen molar-refractivity contribution in [3.05, 3.63) is 53.1 Å². The van der Waals surface area contributed by atoms with E-state index in [0.717, 1.165) is 23.1 Å². The molecule has 0 radical (unpaired) electrons. The van der Waals surface area contributed by atoms with Gasteiger partial charge in [-0.15, -0.1) is 0 Å². The topological polar surface area (TPSA) is 47.8 Å². The lowest BCUT2D eigenvalue weighted by atomic mass is 10.2. The van der Waals surface area contributed by atoms with Crippen LogP contribution >= 0.6 is 11.8 Å². The van der Waals surface area contributed by atoms with E-state index in [4.69, 9.17) is 0 Å². The van der Waals surface area contributed by atoms with E-state index in [0.29, 0.717) is 10.9 Å². The lowest BCUT2D eigenvalue weighted by Crippen LogP contribution is -2.12. The number of thioether (sulfide) groups is 1. The van der Waals surface area contributed by atoms with Gasteiger partial charge < -0.3 is 4.57 Å². The molecule has 4 nitrogen and oxygen atoms in total. The molecule has 2 heterocycles. The van der Waals surface area contributed by atoms with E-state index in [9.17, 15) is 18.0 Å². The van der Waals surface area contributed by atoms with Crippen LogP contribution in [0.4, 0.5) is 13.2 Å². The van der Waals surface area contributed by atoms with Gasteiger partial charge in [0.05, 0.1) is 11.3 Å². The average molecular weight is 379 g/mol. The van der Waals surface area contributed by atoms with Gasteiger partial charge in [-0.1, -0.05) is 30.0 Å². The van der Waals surface area contributed by atoms with E-state index in [1.807, 2.05) is 25.5 Å². The number of alkyl halides is 3. The van der Waals surface area contributed by atoms with E-state index in [1.54, 1.807) is 24.3 Å². The molecule has 0 aliphatic rings. The van der Waals surface area contributed by atoms with Crippen LogP contribution < -0.4 is 0 Å². The number of carbonyl (C=O) groups excluding carboxylic acids is 1. The molecule has 0 saturated carbocycles. The van der Waals surface area contributed by atoms with Crippen LogP contribution in [-0.4, -0.2) is 26.1 Å². The summed E-state index contributed by atoms with van der Waals surface area (Å²) in [5.41, 5.74) is 2.56. The van der Waals surface area contributed by atoms with Crippen molar-refractivity contribution in [3.63, 3.8) is 0 Å². The van der Waals surface area contributed by atoms with E-state index >= 15 is 0 Å². The number of rotatable bonds is 4. The van der Waals surface area contributed by atoms with Crippen molar-refractivity contribution in [2.45, 2.75) is 25.0 Å². The first-order valence-corrected chi connectivity index (χ1v) is 8.80. The van der Waals surface area contributed by atoms with Gasteiger partial charge in [0.1, 0.15) is 5.03 Å². The van der Waals surface area contributed by atoms with Gasteiger partial charge in [0.15, 0.2) is 5.78 Å². The third-order valence-electron chi connectivity index (χ3n) is 4.24. The fourth-order valence-corrected chi connectivity index (χ4v) is 3.54. The molecule has 0 saturated heterocycles. The maximum absolute atomic E-state index is 13.1. The number of aromatic nitrogens is 3. The molecule has 0 spiro atoms. The number of para-hydroxylation sites is 1. The van der Waals surface area contributed by atoms with Crippen molar-refractivity contribution in [1.82, 2.24) is 14.5 Å². The Labute approximate surface area is 152 Å². The molecular formula is C18H16F3N3OS. The smallest absolute Gasteiger partial charge is 0.351 e. The molecule has 0 unspecified atom stereocenters. The third kappa shape index (κ3) is 3.46. The first kappa shape index (κ1) is 18.4. The Morgan fingerprint density at radius 1 is 1.19 bits per heavy atom. The fraction of sp³-hybridized carbons (Fsp3) is 0.278. The Kier molecular flexibility index (Phi) is 4.79. The average Bonchev–Trinajstić information content (AvgIpc) is 2.86. The van der Waals surface area contributed by atoms with Crippen molar-refractivity contribution in [2.75, 3.05) is 5.75 Å². The van der Waals surface area contributed by atoms with Crippen molar-refractivity contribution in [3.8, 4) is 0 Å². The maximum atomic E-state index is 13.1. The summed E-state index contributed by atoms with van der Waals surface area (Å²) in [5.74, 6) is -1.34. The van der Waals surface area contributed by atoms with E-state index in [1.165, 1.54) is 6.07 Å². The Balaban J connectivity index is 1.93. The number of Topliss-reactive ketones (excluding diaryl/α,β-unsaturated/α-hetero) is 1. The molecular weight excluding hydrogens is 363 g/mol. The monoisotopic (exact) mass is 379 g/mol. The summed E-state index contributed by atoms with van der Waals surface area (Å²) in [7, 11) is 1.86. The van der Waals surface area contributed by atoms with Gasteiger partial charge in [0.25, 0.3) is 0 Å². The first-order chi connectivity index (χ1) is 12.2. The maximum Gasteiger partial charge on any atom is 0.451 e. The zero-order valence-corrected chi connectivity index (χ0v) is 15.2. The molecule has 0 bridgehead atoms. The Morgan fingerprint density at radius 2 is 1.88 bits per heavy atom. The summed E-state index contributed by atoms with van der Waals surface area (Å²) in [6, 6.07) is 8.27. The van der Waals surface area contributed by atoms with Crippen LogP contribution in [0.1, 0.15) is 27.6 Å². The number of nitrogens with zero attached hydrogens (tertiary/aromatic N) is 3. The largest absolute Gasteiger partial charge is 0.451 e. The summed E-state index contributed by atoms with van der Waals surface area (Å²) in [6.07, 6.45) is -4.64. The quantitative estimate of drug-likeness (QED) is 0.378. The fourth-order valence-electron chi connectivity index (χ4n) is 2.63. The van der Waals surface area contributed by atoms with Crippen LogP contribution in [-0.2, 0) is 13.2 Å². The number of ketones is 1. The van der Waals surface area contributed by atoms with Crippen LogP contribution in [0, 0.1) is 13.8 Å². The Hall–Kier alpha value is -2.35. The van der Waals surface area contributed by atoms with Crippen molar-refractivity contribution in [2.24, 2.45) is 7.05 Å². The minimum Gasteiger partial charge on any atom is -0.351 e. The molecule has 26 heavy (non-hydrogen) atoms. The normalized spacial score (nSPS) is 11.9. The van der Waals surface area contributed by atoms with Gasteiger partial charge in [0, 0.05) is 29.4 Å². The molecule has 3 rings (SSSR count). The Morgan fingerprint density at radius 3 is 2.50 bits per heavy atom. The molecule has 0 N–H and O–H groups in total. The summed E-state index contributed by atoms with van der Waals surface area (Å²) < 4.78 is 41.1. The van der Waals surface area contributed by atoms with Crippen LogP contribution in [0.15, 0.2) is 35.4 Å². The van der Waals surface area contributed by atoms with Gasteiger partial charge in [0.2, 0.25) is 5.82 Å². The highest BCUT2D eigenvalue weighted by molar-refractivity contribution is 8.00. The Bertz CT molecular complexity index is 995. The second kappa shape index (κ2) is 6.75. The van der Waals surface area contributed by atoms with Gasteiger partial charge in [-0.2, -0.15) is 13.2 Å². The minimum atomic E-state index is -4.64. The molecule has 2 aromatic heterocycles. The van der Waals surface area contributed by atoms with Gasteiger partial charge in [-0.25, -0.2) is 9.97 Å². The van der Waals surface area contributed by atoms with Crippen LogP contribution in [0.3, 0.4) is 0 Å². The van der Waals surface area contributed by atoms with Crippen molar-refractivity contribution in [1.29, 1.82) is 0 Å². The predicted molar refractivity (Wildman–Crippen MR) is 94.5 cm³/mol. The molecule has 8 heteroatoms. The highest BCUT2D eigenvalue weighted by atomic mass is 32.2. The van der Waals surface area contributed by atoms with Crippen LogP contribution in [0.25, 0.3) is 10.9 Å². The number of aryl methyl sites for hydroxylation is 1. The summed E-state index contributed by atoms with van der Waals surface area (Å²) in [5, 5.41) is 0.654. The first-order valence-electron chi connectivity index (χ1n) is 7.81. The second-order valence-corrected chi connectivity index (χ2v) is 6.89. The number of hydrogen-bond donors (Lipinski definition) is 0. The van der Waals surface area contributed by atoms with E-state index < -0.39 is 12.0 Å². The summed E-state index contributed by atoms with van der Waals surface area (Å²) in [4.78, 5) is 19.8. The molecule has 0 aliphatic heterocycles. The molecule has 136 valence electrons. The molecule has 1 aromatic carbocycles. The molecule has 0 aliphatic carbocycles. The van der Waals surface area contributed by atoms with Gasteiger partial charge in [-0.3, -0.25) is 4.79 Å². The number of fused-ring (bicyclic) bond motifs is 1. The minimum absolute atomic E-state index is 0.00258. The van der Waals surface area contributed by atoms with Crippen molar-refractivity contribution >= 4 is 28.4 Å². The van der Waals surface area contributed by atoms with E-state index in [2.05, 4.69) is 9.97 Å².